The Labute approximate surface area is 96.6 Å². The van der Waals surface area contributed by atoms with E-state index in [-0.39, 0.29) is 0 Å². The molecule has 1 rings (SSSR count). The average molecular weight is 225 g/mol. The molecule has 0 bridgehead atoms. The van der Waals surface area contributed by atoms with E-state index in [1.54, 1.807) is 11.8 Å². The molecule has 0 aromatic heterocycles. The van der Waals surface area contributed by atoms with Gasteiger partial charge in [0.1, 0.15) is 0 Å². The van der Waals surface area contributed by atoms with Crippen LogP contribution in [0.5, 0.6) is 0 Å². The largest absolute Gasteiger partial charge is 0.348 e. The number of hydrogen-bond donors (Lipinski definition) is 0. The molecule has 0 aliphatic heterocycles. The van der Waals surface area contributed by atoms with Crippen LogP contribution in [0.25, 0.3) is 0 Å². The van der Waals surface area contributed by atoms with Crippen LogP contribution in [0.3, 0.4) is 0 Å². The summed E-state index contributed by atoms with van der Waals surface area (Å²) in [7, 11) is 0. The number of amidine groups is 1. The minimum Gasteiger partial charge on any atom is -0.348 e. The number of aliphatic imine (C=N–C) groups is 1. The summed E-state index contributed by atoms with van der Waals surface area (Å²) in [6.45, 7) is 5.49. The second-order valence-electron chi connectivity index (χ2n) is 4.31. The molecule has 0 aromatic carbocycles. The molecule has 0 spiro atoms. The first-order valence-electron chi connectivity index (χ1n) is 5.46. The van der Waals surface area contributed by atoms with Gasteiger partial charge in [-0.25, -0.2) is 0 Å². The molecule has 84 valence electrons. The van der Waals surface area contributed by atoms with Gasteiger partial charge in [0.05, 0.1) is 0 Å². The van der Waals surface area contributed by atoms with E-state index in [1.165, 1.54) is 19.3 Å². The maximum Gasteiger partial charge on any atom is 0.208 e. The van der Waals surface area contributed by atoms with Gasteiger partial charge in [-0.1, -0.05) is 25.6 Å². The summed E-state index contributed by atoms with van der Waals surface area (Å²) in [6.07, 6.45) is 7.56. The van der Waals surface area contributed by atoms with Crippen LogP contribution in [0.4, 0.5) is 0 Å². The van der Waals surface area contributed by atoms with Gasteiger partial charge in [-0.2, -0.15) is 5.26 Å². The van der Waals surface area contributed by atoms with Gasteiger partial charge in [-0.3, -0.25) is 0 Å². The van der Waals surface area contributed by atoms with E-state index in [9.17, 15) is 0 Å². The van der Waals surface area contributed by atoms with Gasteiger partial charge in [-0.05, 0) is 31.4 Å². The average Bonchev–Trinajstić information content (AvgIpc) is 3.00. The van der Waals surface area contributed by atoms with Crippen LogP contribution in [-0.4, -0.2) is 28.9 Å². The molecule has 0 N–H and O–H groups in total. The van der Waals surface area contributed by atoms with Crippen molar-refractivity contribution in [2.24, 2.45) is 10.9 Å². The second-order valence-corrected chi connectivity index (χ2v) is 5.08. The molecule has 3 nitrogen and oxygen atoms in total. The lowest BCUT2D eigenvalue weighted by atomic mass is 10.1. The number of thioether (sulfide) groups is 1. The molecule has 15 heavy (non-hydrogen) atoms. The molecule has 0 unspecified atom stereocenters. The van der Waals surface area contributed by atoms with E-state index >= 15 is 0 Å². The Balaban J connectivity index is 2.56. The van der Waals surface area contributed by atoms with E-state index in [1.807, 2.05) is 12.4 Å². The fourth-order valence-electron chi connectivity index (χ4n) is 1.49. The van der Waals surface area contributed by atoms with Crippen LogP contribution in [-0.2, 0) is 0 Å². The predicted octanol–water partition coefficient (Wildman–Crippen LogP) is 2.70. The Morgan fingerprint density at radius 3 is 2.67 bits per heavy atom. The SMILES string of the molecule is CSC(=NC#N)N(CCC(C)C)C1CC1. The van der Waals surface area contributed by atoms with Crippen molar-refractivity contribution in [1.82, 2.24) is 4.90 Å². The fourth-order valence-corrected chi connectivity index (χ4v) is 2.09. The first-order valence-corrected chi connectivity index (χ1v) is 6.69. The fraction of sp³-hybridized carbons (Fsp3) is 0.818. The van der Waals surface area contributed by atoms with Gasteiger partial charge in [0, 0.05) is 12.6 Å². The molecule has 0 atom stereocenters. The summed E-state index contributed by atoms with van der Waals surface area (Å²) < 4.78 is 0. The van der Waals surface area contributed by atoms with Crippen LogP contribution in [0.2, 0.25) is 0 Å². The van der Waals surface area contributed by atoms with Crippen LogP contribution < -0.4 is 0 Å². The zero-order valence-electron chi connectivity index (χ0n) is 9.73. The van der Waals surface area contributed by atoms with Crippen molar-refractivity contribution in [1.29, 1.82) is 5.26 Å². The number of hydrogen-bond acceptors (Lipinski definition) is 3. The Morgan fingerprint density at radius 2 is 2.27 bits per heavy atom. The maximum absolute atomic E-state index is 8.62. The topological polar surface area (TPSA) is 39.4 Å². The van der Waals surface area contributed by atoms with Crippen LogP contribution in [0.1, 0.15) is 33.1 Å². The number of nitriles is 1. The third-order valence-corrected chi connectivity index (χ3v) is 3.20. The minimum atomic E-state index is 0.642. The van der Waals surface area contributed by atoms with Gasteiger partial charge in [0.2, 0.25) is 6.19 Å². The first kappa shape index (κ1) is 12.4. The Morgan fingerprint density at radius 1 is 1.60 bits per heavy atom. The van der Waals surface area contributed by atoms with Gasteiger partial charge in [-0.15, -0.1) is 4.99 Å². The van der Waals surface area contributed by atoms with Crippen molar-refractivity contribution in [2.45, 2.75) is 39.2 Å². The van der Waals surface area contributed by atoms with E-state index in [4.69, 9.17) is 5.26 Å². The predicted molar refractivity (Wildman–Crippen MR) is 65.7 cm³/mol. The van der Waals surface area contributed by atoms with Gasteiger partial charge >= 0.3 is 0 Å². The minimum absolute atomic E-state index is 0.642. The number of rotatable bonds is 4. The summed E-state index contributed by atoms with van der Waals surface area (Å²) >= 11 is 1.58. The summed E-state index contributed by atoms with van der Waals surface area (Å²) in [6, 6.07) is 0.642. The Kier molecular flexibility index (Phi) is 4.97. The third kappa shape index (κ3) is 4.13. The molecular formula is C11H19N3S. The van der Waals surface area contributed by atoms with Gasteiger partial charge in [0.15, 0.2) is 5.17 Å². The highest BCUT2D eigenvalue weighted by atomic mass is 32.2. The van der Waals surface area contributed by atoms with Crippen molar-refractivity contribution >= 4 is 16.9 Å². The molecule has 0 aromatic rings. The zero-order valence-corrected chi connectivity index (χ0v) is 10.5. The molecule has 1 aliphatic rings. The molecular weight excluding hydrogens is 206 g/mol. The van der Waals surface area contributed by atoms with Crippen molar-refractivity contribution in [3.05, 3.63) is 0 Å². The molecule has 4 heteroatoms. The molecule has 0 heterocycles. The quantitative estimate of drug-likeness (QED) is 0.419. The molecule has 0 radical (unpaired) electrons. The van der Waals surface area contributed by atoms with E-state index in [2.05, 4.69) is 23.7 Å². The molecule has 1 aliphatic carbocycles. The highest BCUT2D eigenvalue weighted by Gasteiger charge is 2.30. The summed E-state index contributed by atoms with van der Waals surface area (Å²) in [5.41, 5.74) is 0. The zero-order chi connectivity index (χ0) is 11.3. The van der Waals surface area contributed by atoms with E-state index in [0.29, 0.717) is 12.0 Å². The summed E-state index contributed by atoms with van der Waals surface area (Å²) in [5.74, 6) is 0.705. The molecule has 1 fully saturated rings. The summed E-state index contributed by atoms with van der Waals surface area (Å²) in [4.78, 5) is 6.19. The third-order valence-electron chi connectivity index (χ3n) is 2.51. The van der Waals surface area contributed by atoms with E-state index in [0.717, 1.165) is 11.7 Å². The first-order chi connectivity index (χ1) is 7.19. The second kappa shape index (κ2) is 6.02. The smallest absolute Gasteiger partial charge is 0.208 e. The van der Waals surface area contributed by atoms with Gasteiger partial charge in [0.25, 0.3) is 0 Å². The highest BCUT2D eigenvalue weighted by molar-refractivity contribution is 8.13. The maximum atomic E-state index is 8.62. The van der Waals surface area contributed by atoms with Gasteiger partial charge < -0.3 is 4.90 Å². The summed E-state index contributed by atoms with van der Waals surface area (Å²) in [5, 5.41) is 9.51. The molecule has 0 amide bonds. The van der Waals surface area contributed by atoms with Crippen molar-refractivity contribution in [2.75, 3.05) is 12.8 Å². The Hall–Kier alpha value is -0.690. The van der Waals surface area contributed by atoms with Crippen LogP contribution in [0, 0.1) is 17.4 Å². The molecule has 1 saturated carbocycles. The highest BCUT2D eigenvalue weighted by Crippen LogP contribution is 2.29. The van der Waals surface area contributed by atoms with Crippen molar-refractivity contribution < 1.29 is 0 Å². The lowest BCUT2D eigenvalue weighted by Crippen LogP contribution is -2.32. The molecule has 0 saturated heterocycles. The van der Waals surface area contributed by atoms with Crippen LogP contribution in [0.15, 0.2) is 4.99 Å². The van der Waals surface area contributed by atoms with Crippen LogP contribution >= 0.6 is 11.8 Å². The standard InChI is InChI=1S/C11H19N3S/c1-9(2)6-7-14(10-4-5-10)11(15-3)13-8-12/h9-10H,4-7H2,1-3H3. The lowest BCUT2D eigenvalue weighted by Gasteiger charge is -2.24. The lowest BCUT2D eigenvalue weighted by molar-refractivity contribution is 0.378. The monoisotopic (exact) mass is 225 g/mol. The number of nitrogens with zero attached hydrogens (tertiary/aromatic N) is 3. The van der Waals surface area contributed by atoms with Crippen molar-refractivity contribution in [3.63, 3.8) is 0 Å². The van der Waals surface area contributed by atoms with Crippen molar-refractivity contribution in [3.8, 4) is 6.19 Å². The normalized spacial score (nSPS) is 16.6. The van der Waals surface area contributed by atoms with E-state index < -0.39 is 0 Å². The Bertz CT molecular complexity index is 263.